The molecule has 0 atom stereocenters. The number of hydrogen-bond acceptors (Lipinski definition) is 4. The van der Waals surface area contributed by atoms with E-state index < -0.39 is 15.8 Å². The van der Waals surface area contributed by atoms with Crippen LogP contribution in [0.3, 0.4) is 0 Å². The Labute approximate surface area is 106 Å². The summed E-state index contributed by atoms with van der Waals surface area (Å²) < 4.78 is 45.8. The van der Waals surface area contributed by atoms with Crippen LogP contribution in [0.5, 0.6) is 5.75 Å². The van der Waals surface area contributed by atoms with Gasteiger partial charge in [-0.25, -0.2) is 17.9 Å². The summed E-state index contributed by atoms with van der Waals surface area (Å²) in [6.45, 7) is 3.27. The molecule has 1 aromatic rings. The molecule has 0 radical (unpaired) electrons. The molecule has 0 saturated heterocycles. The van der Waals surface area contributed by atoms with E-state index in [4.69, 9.17) is 14.6 Å². The zero-order chi connectivity index (χ0) is 13.6. The normalized spacial score (nSPS) is 11.5. The molecule has 0 bridgehead atoms. The molecular weight excluding hydrogens is 261 g/mol. The van der Waals surface area contributed by atoms with Gasteiger partial charge in [0.15, 0.2) is 0 Å². The Balaban J connectivity index is 2.71. The van der Waals surface area contributed by atoms with Gasteiger partial charge in [-0.1, -0.05) is 0 Å². The number of halogens is 1. The van der Waals surface area contributed by atoms with Gasteiger partial charge in [0, 0.05) is 19.6 Å². The summed E-state index contributed by atoms with van der Waals surface area (Å²) in [7, 11) is -4.00. The van der Waals surface area contributed by atoms with Crippen molar-refractivity contribution in [2.24, 2.45) is 5.14 Å². The Morgan fingerprint density at radius 3 is 2.67 bits per heavy atom. The second-order valence-corrected chi connectivity index (χ2v) is 5.06. The van der Waals surface area contributed by atoms with Crippen LogP contribution in [0, 0.1) is 5.82 Å². The monoisotopic (exact) mass is 277 g/mol. The molecule has 0 unspecified atom stereocenters. The first-order chi connectivity index (χ1) is 8.45. The van der Waals surface area contributed by atoms with Gasteiger partial charge in [0.05, 0.1) is 6.61 Å². The maximum Gasteiger partial charge on any atom is 0.241 e. The number of nitrogens with two attached hydrogens (primary N) is 1. The predicted octanol–water partition coefficient (Wildman–Crippen LogP) is 1.28. The van der Waals surface area contributed by atoms with E-state index in [-0.39, 0.29) is 17.3 Å². The van der Waals surface area contributed by atoms with Crippen molar-refractivity contribution in [2.75, 3.05) is 19.8 Å². The Morgan fingerprint density at radius 2 is 2.06 bits per heavy atom. The molecule has 18 heavy (non-hydrogen) atoms. The van der Waals surface area contributed by atoms with Gasteiger partial charge in [0.1, 0.15) is 16.5 Å². The molecule has 0 heterocycles. The van der Waals surface area contributed by atoms with E-state index in [9.17, 15) is 12.8 Å². The molecule has 1 aromatic carbocycles. The maximum absolute atomic E-state index is 13.0. The standard InChI is InChI=1S/C11H16FNO4S/c1-2-16-6-3-7-17-10-5-4-9(12)8-11(10)18(13,14)15/h4-5,8H,2-3,6-7H2,1H3,(H2,13,14,15). The molecule has 1 rings (SSSR count). The molecule has 0 aliphatic rings. The highest BCUT2D eigenvalue weighted by Gasteiger charge is 2.16. The van der Waals surface area contributed by atoms with Crippen LogP contribution in [0.2, 0.25) is 0 Å². The molecule has 0 fully saturated rings. The van der Waals surface area contributed by atoms with Crippen molar-refractivity contribution < 1.29 is 22.3 Å². The fraction of sp³-hybridized carbons (Fsp3) is 0.455. The summed E-state index contributed by atoms with van der Waals surface area (Å²) in [6.07, 6.45) is 0.606. The summed E-state index contributed by atoms with van der Waals surface area (Å²) in [6, 6.07) is 3.20. The van der Waals surface area contributed by atoms with Crippen LogP contribution in [-0.2, 0) is 14.8 Å². The van der Waals surface area contributed by atoms with Crippen LogP contribution in [0.15, 0.2) is 23.1 Å². The van der Waals surface area contributed by atoms with Gasteiger partial charge in [-0.15, -0.1) is 0 Å². The molecule has 5 nitrogen and oxygen atoms in total. The van der Waals surface area contributed by atoms with Crippen molar-refractivity contribution in [3.8, 4) is 5.75 Å². The average Bonchev–Trinajstić information content (AvgIpc) is 2.29. The van der Waals surface area contributed by atoms with Gasteiger partial charge in [0.25, 0.3) is 0 Å². The Morgan fingerprint density at radius 1 is 1.33 bits per heavy atom. The van der Waals surface area contributed by atoms with E-state index in [0.717, 1.165) is 12.1 Å². The first kappa shape index (κ1) is 14.9. The van der Waals surface area contributed by atoms with Crippen molar-refractivity contribution in [1.29, 1.82) is 0 Å². The second-order valence-electron chi connectivity index (χ2n) is 3.54. The topological polar surface area (TPSA) is 78.6 Å². The van der Waals surface area contributed by atoms with Crippen molar-refractivity contribution in [3.05, 3.63) is 24.0 Å². The van der Waals surface area contributed by atoms with E-state index in [0.29, 0.717) is 19.6 Å². The molecule has 0 aromatic heterocycles. The summed E-state index contributed by atoms with van der Waals surface area (Å²) in [5.74, 6) is -0.629. The van der Waals surface area contributed by atoms with Crippen LogP contribution in [0.4, 0.5) is 4.39 Å². The lowest BCUT2D eigenvalue weighted by Crippen LogP contribution is -2.15. The highest BCUT2D eigenvalue weighted by atomic mass is 32.2. The summed E-state index contributed by atoms with van der Waals surface area (Å²) in [4.78, 5) is -0.348. The molecule has 0 saturated carbocycles. The number of sulfonamides is 1. The van der Waals surface area contributed by atoms with Gasteiger partial charge in [-0.2, -0.15) is 0 Å². The van der Waals surface area contributed by atoms with Gasteiger partial charge < -0.3 is 9.47 Å². The van der Waals surface area contributed by atoms with E-state index in [1.807, 2.05) is 6.92 Å². The lowest BCUT2D eigenvalue weighted by molar-refractivity contribution is 0.130. The number of benzene rings is 1. The maximum atomic E-state index is 13.0. The van der Waals surface area contributed by atoms with Crippen LogP contribution in [0.1, 0.15) is 13.3 Å². The Hall–Kier alpha value is -1.18. The molecule has 0 aliphatic carbocycles. The van der Waals surface area contributed by atoms with E-state index in [1.54, 1.807) is 0 Å². The summed E-state index contributed by atoms with van der Waals surface area (Å²) >= 11 is 0. The lowest BCUT2D eigenvalue weighted by atomic mass is 10.3. The number of primary sulfonamides is 1. The zero-order valence-corrected chi connectivity index (χ0v) is 10.9. The quantitative estimate of drug-likeness (QED) is 0.761. The highest BCUT2D eigenvalue weighted by Crippen LogP contribution is 2.23. The summed E-state index contributed by atoms with van der Waals surface area (Å²) in [5, 5.41) is 4.98. The van der Waals surface area contributed by atoms with E-state index >= 15 is 0 Å². The van der Waals surface area contributed by atoms with E-state index in [1.165, 1.54) is 6.07 Å². The van der Waals surface area contributed by atoms with Gasteiger partial charge in [-0.05, 0) is 25.1 Å². The Bertz CT molecular complexity index is 490. The average molecular weight is 277 g/mol. The fourth-order valence-electron chi connectivity index (χ4n) is 1.31. The third-order valence-corrected chi connectivity index (χ3v) is 3.04. The number of rotatable bonds is 7. The van der Waals surface area contributed by atoms with Crippen molar-refractivity contribution in [2.45, 2.75) is 18.2 Å². The minimum Gasteiger partial charge on any atom is -0.492 e. The van der Waals surface area contributed by atoms with Gasteiger partial charge in [-0.3, -0.25) is 0 Å². The van der Waals surface area contributed by atoms with E-state index in [2.05, 4.69) is 0 Å². The van der Waals surface area contributed by atoms with Crippen molar-refractivity contribution in [1.82, 2.24) is 0 Å². The van der Waals surface area contributed by atoms with Crippen LogP contribution in [0.25, 0.3) is 0 Å². The minimum atomic E-state index is -4.00. The molecule has 7 heteroatoms. The molecule has 0 aliphatic heterocycles. The van der Waals surface area contributed by atoms with Crippen LogP contribution < -0.4 is 9.88 Å². The van der Waals surface area contributed by atoms with Crippen LogP contribution in [-0.4, -0.2) is 28.2 Å². The molecule has 2 N–H and O–H groups in total. The number of ether oxygens (including phenoxy) is 2. The zero-order valence-electron chi connectivity index (χ0n) is 10.1. The molecule has 102 valence electrons. The molecule has 0 amide bonds. The molecular formula is C11H16FNO4S. The number of hydrogen-bond donors (Lipinski definition) is 1. The first-order valence-corrected chi connectivity index (χ1v) is 7.02. The predicted molar refractivity (Wildman–Crippen MR) is 64.4 cm³/mol. The van der Waals surface area contributed by atoms with Gasteiger partial charge in [0.2, 0.25) is 10.0 Å². The SMILES string of the molecule is CCOCCCOc1ccc(F)cc1S(N)(=O)=O. The third-order valence-electron chi connectivity index (χ3n) is 2.11. The smallest absolute Gasteiger partial charge is 0.241 e. The molecule has 0 spiro atoms. The second kappa shape index (κ2) is 6.67. The summed E-state index contributed by atoms with van der Waals surface area (Å²) in [5.41, 5.74) is 0. The fourth-order valence-corrected chi connectivity index (χ4v) is 2.00. The third kappa shape index (κ3) is 4.59. The van der Waals surface area contributed by atoms with Crippen molar-refractivity contribution in [3.63, 3.8) is 0 Å². The highest BCUT2D eigenvalue weighted by molar-refractivity contribution is 7.89. The lowest BCUT2D eigenvalue weighted by Gasteiger charge is -2.10. The van der Waals surface area contributed by atoms with Crippen LogP contribution >= 0.6 is 0 Å². The minimum absolute atomic E-state index is 0.0513. The largest absolute Gasteiger partial charge is 0.492 e. The van der Waals surface area contributed by atoms with Gasteiger partial charge >= 0.3 is 0 Å². The Kier molecular flexibility index (Phi) is 5.52. The first-order valence-electron chi connectivity index (χ1n) is 5.48. The van der Waals surface area contributed by atoms with Crippen molar-refractivity contribution >= 4 is 10.0 Å².